The summed E-state index contributed by atoms with van der Waals surface area (Å²) in [5, 5.41) is 28.3. The molecule has 0 amide bonds. The predicted molar refractivity (Wildman–Crippen MR) is 348 cm³/mol. The number of nitriles is 1. The lowest BCUT2D eigenvalue weighted by atomic mass is 9.93. The van der Waals surface area contributed by atoms with Crippen molar-refractivity contribution in [2.45, 2.75) is 0 Å². The van der Waals surface area contributed by atoms with Crippen LogP contribution in [0.15, 0.2) is 255 Å². The van der Waals surface area contributed by atoms with Gasteiger partial charge in [-0.05, 0) is 87.3 Å². The van der Waals surface area contributed by atoms with Gasteiger partial charge in [0.15, 0.2) is 0 Å². The van der Waals surface area contributed by atoms with Gasteiger partial charge < -0.3 is 18.3 Å². The third kappa shape index (κ3) is 6.13. The fourth-order valence-corrected chi connectivity index (χ4v) is 15.5. The van der Waals surface area contributed by atoms with Crippen LogP contribution in [0, 0.1) is 17.9 Å². The molecule has 0 aliphatic carbocycles. The molecule has 0 atom stereocenters. The number of aromatic nitrogens is 4. The maximum Gasteiger partial charge on any atom is 0.237 e. The Morgan fingerprint density at radius 3 is 1.30 bits per heavy atom. The van der Waals surface area contributed by atoms with E-state index in [-0.39, 0.29) is 0 Å². The smallest absolute Gasteiger partial charge is 0.237 e. The zero-order valence-electron chi connectivity index (χ0n) is 44.3. The highest BCUT2D eigenvalue weighted by Gasteiger charge is 2.35. The number of rotatable bonds is 5. The lowest BCUT2D eigenvalue weighted by Crippen LogP contribution is -2.14. The van der Waals surface area contributed by atoms with E-state index in [1.807, 2.05) is 0 Å². The molecule has 0 spiro atoms. The van der Waals surface area contributed by atoms with Gasteiger partial charge in [0.05, 0.1) is 83.7 Å². The summed E-state index contributed by atoms with van der Waals surface area (Å²) < 4.78 is 11.7. The Hall–Kier alpha value is -11.2. The normalized spacial score (nSPS) is 12.1. The van der Waals surface area contributed by atoms with Crippen molar-refractivity contribution in [3.05, 3.63) is 272 Å². The summed E-state index contributed by atoms with van der Waals surface area (Å²) in [5.74, 6) is 0. The predicted octanol–water partition coefficient (Wildman–Crippen LogP) is 20.8. The molecule has 0 bridgehead atoms. The summed E-state index contributed by atoms with van der Waals surface area (Å²) in [7, 11) is 0. The molecule has 83 heavy (non-hydrogen) atoms. The first-order chi connectivity index (χ1) is 41.2. The standard InChI is InChI=1S/C76H42N6S/c1-78-70-71(79-62-31-13-6-24-50(62)51-25-7-14-32-63(51)79)61(44-77)72(80-64-33-15-8-26-52(64)53-27-9-16-34-65(53)80)75(74(70)81-66-35-17-10-28-54(66)55-29-11-18-36-67(55)81)82-68-43-46(60-42-45-20-2-3-21-47(45)48-22-4-5-23-49(48)60)38-39-56(68)58-40-41-59-57-30-12-19-37-69(57)83-76(59)73(58)82/h2-43H. The lowest BCUT2D eigenvalue weighted by Gasteiger charge is -2.27. The number of hydrogen-bond donors (Lipinski definition) is 0. The van der Waals surface area contributed by atoms with E-state index in [2.05, 4.69) is 279 Å². The quantitative estimate of drug-likeness (QED) is 0.125. The Morgan fingerprint density at radius 2 is 0.759 bits per heavy atom. The van der Waals surface area contributed by atoms with Gasteiger partial charge in [-0.1, -0.05) is 200 Å². The molecule has 0 fully saturated rings. The lowest BCUT2D eigenvalue weighted by molar-refractivity contribution is 1.04. The summed E-state index contributed by atoms with van der Waals surface area (Å²) in [5.41, 5.74) is 13.0. The highest BCUT2D eigenvalue weighted by atomic mass is 32.1. The van der Waals surface area contributed by atoms with Crippen LogP contribution in [-0.4, -0.2) is 18.3 Å². The molecule has 0 saturated carbocycles. The Morgan fingerprint density at radius 1 is 0.337 bits per heavy atom. The number of hydrogen-bond acceptors (Lipinski definition) is 2. The van der Waals surface area contributed by atoms with Crippen molar-refractivity contribution in [3.63, 3.8) is 0 Å². The zero-order chi connectivity index (χ0) is 54.6. The average Bonchev–Trinajstić information content (AvgIpc) is 1.96. The van der Waals surface area contributed by atoms with E-state index in [1.165, 1.54) is 20.9 Å². The van der Waals surface area contributed by atoms with Gasteiger partial charge in [-0.3, -0.25) is 0 Å². The van der Waals surface area contributed by atoms with Gasteiger partial charge in [0.25, 0.3) is 0 Å². The monoisotopic (exact) mass is 1070 g/mol. The van der Waals surface area contributed by atoms with Crippen LogP contribution in [0.25, 0.3) is 168 Å². The van der Waals surface area contributed by atoms with Gasteiger partial charge in [0.1, 0.15) is 6.07 Å². The van der Waals surface area contributed by atoms with Crippen molar-refractivity contribution in [3.8, 4) is 39.9 Å². The van der Waals surface area contributed by atoms with Gasteiger partial charge in [-0.15, -0.1) is 11.3 Å². The van der Waals surface area contributed by atoms with E-state index >= 15 is 0 Å². The Kier molecular flexibility index (Phi) is 9.42. The average molecular weight is 1070 g/mol. The molecule has 382 valence electrons. The van der Waals surface area contributed by atoms with E-state index in [0.29, 0.717) is 28.3 Å². The minimum Gasteiger partial charge on any atom is -0.318 e. The van der Waals surface area contributed by atoms with Gasteiger partial charge in [-0.25, -0.2) is 4.85 Å². The van der Waals surface area contributed by atoms with Gasteiger partial charge >= 0.3 is 0 Å². The van der Waals surface area contributed by atoms with Crippen molar-refractivity contribution < 1.29 is 0 Å². The van der Waals surface area contributed by atoms with Crippen LogP contribution in [-0.2, 0) is 0 Å². The maximum atomic E-state index is 12.8. The van der Waals surface area contributed by atoms with Crippen molar-refractivity contribution >= 4 is 146 Å². The maximum absolute atomic E-state index is 12.8. The molecule has 0 saturated heterocycles. The van der Waals surface area contributed by atoms with Crippen molar-refractivity contribution in [1.82, 2.24) is 18.3 Å². The second kappa shape index (κ2) is 17.1. The number of nitrogens with zero attached hydrogens (tertiary/aromatic N) is 6. The minimum absolute atomic E-state index is 0.356. The first kappa shape index (κ1) is 45.6. The van der Waals surface area contributed by atoms with E-state index in [0.717, 1.165) is 125 Å². The molecule has 0 aliphatic heterocycles. The van der Waals surface area contributed by atoms with Gasteiger partial charge in [-0.2, -0.15) is 5.26 Å². The van der Waals surface area contributed by atoms with E-state index in [9.17, 15) is 11.8 Å². The fraction of sp³-hybridized carbons (Fsp3) is 0. The van der Waals surface area contributed by atoms with E-state index in [4.69, 9.17) is 4.85 Å². The number of para-hydroxylation sites is 6. The van der Waals surface area contributed by atoms with Crippen LogP contribution in [0.2, 0.25) is 0 Å². The number of benzene rings is 13. The highest BCUT2D eigenvalue weighted by molar-refractivity contribution is 7.26. The van der Waals surface area contributed by atoms with Crippen molar-refractivity contribution in [2.24, 2.45) is 0 Å². The van der Waals surface area contributed by atoms with Gasteiger partial charge in [0, 0.05) is 58.6 Å². The van der Waals surface area contributed by atoms with E-state index < -0.39 is 0 Å². The Bertz CT molecular complexity index is 5670. The van der Waals surface area contributed by atoms with Crippen molar-refractivity contribution in [1.29, 1.82) is 5.26 Å². The summed E-state index contributed by atoms with van der Waals surface area (Å²) in [6.45, 7) is 9.96. The first-order valence-electron chi connectivity index (χ1n) is 27.9. The number of fused-ring (bicyclic) bond motifs is 19. The third-order valence-corrected chi connectivity index (χ3v) is 18.8. The van der Waals surface area contributed by atoms with Crippen LogP contribution in [0.4, 0.5) is 5.69 Å². The van der Waals surface area contributed by atoms with Crippen LogP contribution in [0.3, 0.4) is 0 Å². The molecule has 5 heterocycles. The van der Waals surface area contributed by atoms with Crippen LogP contribution >= 0.6 is 11.3 Å². The molecular weight excluding hydrogens is 1030 g/mol. The molecule has 0 unspecified atom stereocenters. The van der Waals surface area contributed by atoms with Crippen LogP contribution in [0.5, 0.6) is 0 Å². The second-order valence-corrected chi connectivity index (χ2v) is 22.7. The largest absolute Gasteiger partial charge is 0.318 e. The number of thiophene rings is 1. The van der Waals surface area contributed by atoms with Crippen LogP contribution in [0.1, 0.15) is 5.56 Å². The summed E-state index contributed by atoms with van der Waals surface area (Å²) in [6.07, 6.45) is 0. The molecule has 0 aliphatic rings. The Balaban J connectivity index is 1.15. The molecule has 0 N–H and O–H groups in total. The van der Waals surface area contributed by atoms with E-state index in [1.54, 1.807) is 11.3 Å². The molecule has 13 aromatic carbocycles. The first-order valence-corrected chi connectivity index (χ1v) is 28.8. The SMILES string of the molecule is [C-]#[N+]c1c(-n2c3ccccc3c3ccccc32)c(C#N)c(-n2c3ccccc3c3ccccc32)c(-n2c3cc(-c4cc5ccccc5c5ccccc45)ccc3c3ccc4c5ccccc5sc4c32)c1-n1c2ccccc2c2ccccc21. The van der Waals surface area contributed by atoms with Crippen molar-refractivity contribution in [2.75, 3.05) is 0 Å². The molecule has 5 aromatic heterocycles. The topological polar surface area (TPSA) is 47.9 Å². The molecule has 6 nitrogen and oxygen atoms in total. The van der Waals surface area contributed by atoms with Crippen LogP contribution < -0.4 is 0 Å². The molecular formula is C76H42N6S. The molecule has 0 radical (unpaired) electrons. The second-order valence-electron chi connectivity index (χ2n) is 21.6. The third-order valence-electron chi connectivity index (χ3n) is 17.6. The minimum atomic E-state index is 0.356. The fourth-order valence-electron chi connectivity index (χ4n) is 14.2. The zero-order valence-corrected chi connectivity index (χ0v) is 45.2. The Labute approximate surface area is 478 Å². The summed E-state index contributed by atoms with van der Waals surface area (Å²) in [6, 6.07) is 94.1. The highest BCUT2D eigenvalue weighted by Crippen LogP contribution is 2.54. The summed E-state index contributed by atoms with van der Waals surface area (Å²) >= 11 is 1.80. The molecule has 18 aromatic rings. The molecule has 18 rings (SSSR count). The summed E-state index contributed by atoms with van der Waals surface area (Å²) in [4.78, 5) is 4.86. The van der Waals surface area contributed by atoms with Gasteiger partial charge in [0.2, 0.25) is 5.69 Å². The molecule has 7 heteroatoms.